The van der Waals surface area contributed by atoms with Gasteiger partial charge in [-0.2, -0.15) is 0 Å². The molecule has 0 spiro atoms. The van der Waals surface area contributed by atoms with Crippen molar-refractivity contribution in [2.45, 2.75) is 44.7 Å². The number of alkyl halides is 1. The van der Waals surface area contributed by atoms with Crippen molar-refractivity contribution in [3.63, 3.8) is 0 Å². The minimum atomic E-state index is -0.737. The molecular formula is C30H41FN6. The van der Waals surface area contributed by atoms with Gasteiger partial charge in [0.1, 0.15) is 6.17 Å². The molecule has 0 aliphatic carbocycles. The third-order valence-corrected chi connectivity index (χ3v) is 6.57. The van der Waals surface area contributed by atoms with E-state index in [0.717, 1.165) is 23.5 Å². The number of likely N-dealkylation sites (tertiary alicyclic amines) is 1. The molecule has 1 saturated heterocycles. The number of rotatable bonds is 9. The fourth-order valence-electron chi connectivity index (χ4n) is 4.55. The molecule has 8 N–H and O–H groups in total. The molecule has 198 valence electrons. The quantitative estimate of drug-likeness (QED) is 0.209. The van der Waals surface area contributed by atoms with Gasteiger partial charge in [-0.25, -0.2) is 4.39 Å². The molecule has 0 saturated carbocycles. The monoisotopic (exact) mass is 504 g/mol. The van der Waals surface area contributed by atoms with Crippen LogP contribution in [0.1, 0.15) is 49.2 Å². The molecule has 0 radical (unpaired) electrons. The Morgan fingerprint density at radius 3 is 2.14 bits per heavy atom. The number of halogens is 1. The Bertz CT molecular complexity index is 1100. The normalized spacial score (nSPS) is 17.7. The van der Waals surface area contributed by atoms with Gasteiger partial charge in [-0.15, -0.1) is 0 Å². The number of nitrogens with zero attached hydrogens (tertiary/aromatic N) is 1. The lowest BCUT2D eigenvalue weighted by atomic mass is 9.97. The van der Waals surface area contributed by atoms with Gasteiger partial charge in [0.15, 0.2) is 0 Å². The Balaban J connectivity index is 0.000000206. The first-order valence-electron chi connectivity index (χ1n) is 12.9. The molecule has 2 unspecified atom stereocenters. The molecule has 4 rings (SSSR count). The van der Waals surface area contributed by atoms with E-state index in [4.69, 9.17) is 17.2 Å². The smallest absolute Gasteiger partial charge is 0.119 e. The Morgan fingerprint density at radius 1 is 0.973 bits per heavy atom. The number of hydrogen-bond donors (Lipinski definition) is 5. The average molecular weight is 505 g/mol. The minimum Gasteiger partial charge on any atom is -0.397 e. The number of benzene rings is 3. The molecule has 1 aliphatic rings. The summed E-state index contributed by atoms with van der Waals surface area (Å²) in [5, 5.41) is 6.74. The first-order chi connectivity index (χ1) is 17.8. The number of hydrogen-bond acceptors (Lipinski definition) is 6. The molecule has 1 aliphatic heterocycles. The number of anilines is 2. The molecule has 6 nitrogen and oxygen atoms in total. The predicted molar refractivity (Wildman–Crippen MR) is 154 cm³/mol. The third-order valence-electron chi connectivity index (χ3n) is 6.57. The Labute approximate surface area is 220 Å². The van der Waals surface area contributed by atoms with Gasteiger partial charge < -0.3 is 32.7 Å². The van der Waals surface area contributed by atoms with Crippen LogP contribution in [-0.4, -0.2) is 36.7 Å². The third kappa shape index (κ3) is 8.05. The van der Waals surface area contributed by atoms with Crippen LogP contribution >= 0.6 is 0 Å². The standard InChI is InChI=1S/C16H21N3.C14H20FN3/c1-2-19-15(12-6-4-3-5-7-12)13-8-10-14(11-9-13)16(17)18;1-10-7-12(15)9-18(10)11(2)8-17-14-6-4-3-5-13(14)16/h3-11,15-16,19H,2,17-18H2,1H3;3-6,10,12,17H,2,7-9,16H2,1H3/t;10-,12?/m.1/s1. The fourth-order valence-corrected chi connectivity index (χ4v) is 4.55. The van der Waals surface area contributed by atoms with Gasteiger partial charge in [-0.3, -0.25) is 0 Å². The molecule has 1 fully saturated rings. The molecule has 3 aromatic carbocycles. The van der Waals surface area contributed by atoms with E-state index in [-0.39, 0.29) is 12.1 Å². The van der Waals surface area contributed by atoms with E-state index in [2.05, 4.69) is 60.5 Å². The summed E-state index contributed by atoms with van der Waals surface area (Å²) >= 11 is 0. The number of para-hydroxylation sites is 2. The van der Waals surface area contributed by atoms with Gasteiger partial charge in [0.2, 0.25) is 0 Å². The van der Waals surface area contributed by atoms with Crippen molar-refractivity contribution in [3.05, 3.63) is 108 Å². The Morgan fingerprint density at radius 2 is 1.57 bits per heavy atom. The van der Waals surface area contributed by atoms with Gasteiger partial charge in [-0.1, -0.05) is 80.2 Å². The number of nitrogens with two attached hydrogens (primary N) is 3. The highest BCUT2D eigenvalue weighted by molar-refractivity contribution is 5.65. The summed E-state index contributed by atoms with van der Waals surface area (Å²) in [4.78, 5) is 2.02. The van der Waals surface area contributed by atoms with Gasteiger partial charge >= 0.3 is 0 Å². The summed E-state index contributed by atoms with van der Waals surface area (Å²) in [5.41, 5.74) is 23.1. The molecule has 0 aromatic heterocycles. The van der Waals surface area contributed by atoms with Crippen LogP contribution in [0, 0.1) is 0 Å². The first-order valence-corrected chi connectivity index (χ1v) is 12.9. The lowest BCUT2D eigenvalue weighted by molar-refractivity contribution is 0.309. The number of nitrogens with one attached hydrogen (secondary N) is 2. The molecular weight excluding hydrogens is 463 g/mol. The molecule has 7 heteroatoms. The lowest BCUT2D eigenvalue weighted by Gasteiger charge is -2.26. The molecule has 0 amide bonds. The fraction of sp³-hybridized carbons (Fsp3) is 0.333. The van der Waals surface area contributed by atoms with Gasteiger partial charge in [0, 0.05) is 24.7 Å². The van der Waals surface area contributed by atoms with E-state index in [0.29, 0.717) is 25.2 Å². The van der Waals surface area contributed by atoms with Crippen molar-refractivity contribution < 1.29 is 4.39 Å². The Hall–Kier alpha value is -3.39. The zero-order chi connectivity index (χ0) is 26.8. The van der Waals surface area contributed by atoms with Crippen LogP contribution in [0.25, 0.3) is 0 Å². The minimum absolute atomic E-state index is 0.203. The second kappa shape index (κ2) is 13.8. The summed E-state index contributed by atoms with van der Waals surface area (Å²) in [6, 6.07) is 26.6. The maximum atomic E-state index is 13.3. The highest BCUT2D eigenvalue weighted by atomic mass is 19.1. The zero-order valence-corrected chi connectivity index (χ0v) is 21.9. The van der Waals surface area contributed by atoms with Crippen LogP contribution in [0.4, 0.5) is 15.8 Å². The van der Waals surface area contributed by atoms with E-state index >= 15 is 0 Å². The highest BCUT2D eigenvalue weighted by Gasteiger charge is 2.29. The van der Waals surface area contributed by atoms with Crippen LogP contribution in [-0.2, 0) is 0 Å². The van der Waals surface area contributed by atoms with E-state index in [1.807, 2.05) is 54.3 Å². The topological polar surface area (TPSA) is 105 Å². The van der Waals surface area contributed by atoms with E-state index in [1.165, 1.54) is 11.1 Å². The van der Waals surface area contributed by atoms with Gasteiger partial charge in [-0.05, 0) is 42.3 Å². The average Bonchev–Trinajstić information content (AvgIpc) is 3.25. The lowest BCUT2D eigenvalue weighted by Crippen LogP contribution is -2.29. The van der Waals surface area contributed by atoms with Gasteiger partial charge in [0.05, 0.1) is 30.1 Å². The van der Waals surface area contributed by atoms with E-state index < -0.39 is 12.3 Å². The van der Waals surface area contributed by atoms with Crippen molar-refractivity contribution in [2.24, 2.45) is 11.5 Å². The first kappa shape index (κ1) is 28.2. The maximum absolute atomic E-state index is 13.3. The predicted octanol–water partition coefficient (Wildman–Crippen LogP) is 4.93. The van der Waals surface area contributed by atoms with Crippen LogP contribution in [0.5, 0.6) is 0 Å². The van der Waals surface area contributed by atoms with Crippen LogP contribution < -0.4 is 27.8 Å². The van der Waals surface area contributed by atoms with Crippen LogP contribution in [0.15, 0.2) is 91.1 Å². The zero-order valence-electron chi connectivity index (χ0n) is 21.9. The molecule has 37 heavy (non-hydrogen) atoms. The molecule has 3 atom stereocenters. The van der Waals surface area contributed by atoms with E-state index in [1.54, 1.807) is 0 Å². The summed E-state index contributed by atoms with van der Waals surface area (Å²) in [5.74, 6) is 0. The van der Waals surface area contributed by atoms with Crippen molar-refractivity contribution >= 4 is 11.4 Å². The van der Waals surface area contributed by atoms with Crippen LogP contribution in [0.2, 0.25) is 0 Å². The summed E-state index contributed by atoms with van der Waals surface area (Å²) in [6.45, 7) is 10.1. The van der Waals surface area contributed by atoms with Crippen molar-refractivity contribution in [2.75, 3.05) is 30.7 Å². The summed E-state index contributed by atoms with van der Waals surface area (Å²) < 4.78 is 13.3. The summed E-state index contributed by atoms with van der Waals surface area (Å²) in [7, 11) is 0. The highest BCUT2D eigenvalue weighted by Crippen LogP contribution is 2.25. The SMILES string of the molecule is C=C(CNc1ccccc1N)N1CC(F)C[C@H]1C.CCNC(c1ccccc1)c1ccc(C(N)N)cc1. The molecule has 0 bridgehead atoms. The number of nitrogen functional groups attached to an aromatic ring is 1. The van der Waals surface area contributed by atoms with Gasteiger partial charge in [0.25, 0.3) is 0 Å². The van der Waals surface area contributed by atoms with Crippen LogP contribution in [0.3, 0.4) is 0 Å². The van der Waals surface area contributed by atoms with Crippen molar-refractivity contribution in [1.82, 2.24) is 10.2 Å². The summed E-state index contributed by atoms with van der Waals surface area (Å²) in [6.07, 6.45) is -0.561. The van der Waals surface area contributed by atoms with E-state index in [9.17, 15) is 4.39 Å². The van der Waals surface area contributed by atoms with Crippen molar-refractivity contribution in [1.29, 1.82) is 0 Å². The Kier molecular flexibility index (Phi) is 10.5. The van der Waals surface area contributed by atoms with Crippen molar-refractivity contribution in [3.8, 4) is 0 Å². The maximum Gasteiger partial charge on any atom is 0.119 e. The second-order valence-corrected chi connectivity index (χ2v) is 9.44. The second-order valence-electron chi connectivity index (χ2n) is 9.44. The molecule has 3 aromatic rings. The largest absolute Gasteiger partial charge is 0.397 e. The molecule has 1 heterocycles.